The van der Waals surface area contributed by atoms with Gasteiger partial charge in [0.1, 0.15) is 5.82 Å². The van der Waals surface area contributed by atoms with Crippen LogP contribution >= 0.6 is 0 Å². The molecule has 126 valence electrons. The topological polar surface area (TPSA) is 92.9 Å². The predicted molar refractivity (Wildman–Crippen MR) is 94.8 cm³/mol. The van der Waals surface area contributed by atoms with E-state index in [2.05, 4.69) is 17.6 Å². The summed E-state index contributed by atoms with van der Waals surface area (Å²) in [5, 5.41) is 6.82. The molecule has 24 heavy (non-hydrogen) atoms. The molecule has 0 radical (unpaired) electrons. The number of unbranched alkanes of at least 4 members (excludes halogenated alkanes) is 1. The number of nitrogens with zero attached hydrogens (tertiary/aromatic N) is 2. The molecule has 0 spiro atoms. The number of anilines is 1. The van der Waals surface area contributed by atoms with Crippen molar-refractivity contribution in [3.63, 3.8) is 0 Å². The Labute approximate surface area is 141 Å². The van der Waals surface area contributed by atoms with Crippen LogP contribution in [0.3, 0.4) is 0 Å². The molecule has 3 rings (SSSR count). The average Bonchev–Trinajstić information content (AvgIpc) is 2.62. The maximum absolute atomic E-state index is 11.2. The van der Waals surface area contributed by atoms with E-state index in [-0.39, 0.29) is 0 Å². The molecule has 1 aromatic carbocycles. The predicted octanol–water partition coefficient (Wildman–Crippen LogP) is 2.10. The average molecular weight is 325 g/mol. The third-order valence-corrected chi connectivity index (χ3v) is 4.19. The second-order valence-corrected chi connectivity index (χ2v) is 5.97. The number of nitrogens with two attached hydrogens (primary N) is 1. The number of rotatable bonds is 6. The van der Waals surface area contributed by atoms with Crippen LogP contribution in [0.5, 0.6) is 0 Å². The van der Waals surface area contributed by atoms with Crippen molar-refractivity contribution in [3.05, 3.63) is 41.1 Å². The van der Waals surface area contributed by atoms with Crippen LogP contribution in [0.1, 0.15) is 41.4 Å². The van der Waals surface area contributed by atoms with E-state index in [4.69, 9.17) is 15.7 Å². The lowest BCUT2D eigenvalue weighted by atomic mass is 10.1. The summed E-state index contributed by atoms with van der Waals surface area (Å²) in [7, 11) is 0. The number of hydrogen-bond donors (Lipinski definition) is 3. The van der Waals surface area contributed by atoms with Gasteiger partial charge in [0.05, 0.1) is 5.69 Å². The van der Waals surface area contributed by atoms with Gasteiger partial charge in [0.2, 0.25) is 5.91 Å². The number of benzene rings is 1. The van der Waals surface area contributed by atoms with Gasteiger partial charge >= 0.3 is 0 Å². The van der Waals surface area contributed by atoms with Crippen molar-refractivity contribution in [1.82, 2.24) is 15.3 Å². The quantitative estimate of drug-likeness (QED) is 0.707. The molecule has 0 saturated heterocycles. The Morgan fingerprint density at radius 2 is 2.08 bits per heavy atom. The van der Waals surface area contributed by atoms with Gasteiger partial charge in [-0.1, -0.05) is 25.5 Å². The molecule has 0 bridgehead atoms. The number of hydrogen-bond acceptors (Lipinski definition) is 5. The molecule has 1 amide bonds. The van der Waals surface area contributed by atoms with Crippen molar-refractivity contribution < 1.29 is 4.79 Å². The van der Waals surface area contributed by atoms with Crippen molar-refractivity contribution in [1.29, 1.82) is 0 Å². The molecule has 0 saturated carbocycles. The first-order valence-corrected chi connectivity index (χ1v) is 8.43. The van der Waals surface area contributed by atoms with Gasteiger partial charge in [-0.05, 0) is 31.5 Å². The fourth-order valence-electron chi connectivity index (χ4n) is 2.80. The molecular weight excluding hydrogens is 302 g/mol. The highest BCUT2D eigenvalue weighted by atomic mass is 16.1. The van der Waals surface area contributed by atoms with Crippen molar-refractivity contribution in [2.45, 2.75) is 32.7 Å². The van der Waals surface area contributed by atoms with Crippen molar-refractivity contribution in [2.75, 3.05) is 18.4 Å². The largest absolute Gasteiger partial charge is 0.370 e. The highest BCUT2D eigenvalue weighted by Crippen LogP contribution is 2.25. The van der Waals surface area contributed by atoms with E-state index in [1.807, 2.05) is 12.1 Å². The molecule has 6 heteroatoms. The first-order valence-electron chi connectivity index (χ1n) is 8.43. The van der Waals surface area contributed by atoms with Gasteiger partial charge < -0.3 is 16.4 Å². The molecule has 1 aliphatic rings. The first kappa shape index (κ1) is 16.4. The summed E-state index contributed by atoms with van der Waals surface area (Å²) in [5.41, 5.74) is 8.92. The van der Waals surface area contributed by atoms with Gasteiger partial charge in [0.25, 0.3) is 0 Å². The lowest BCUT2D eigenvalue weighted by molar-refractivity contribution is 0.100. The van der Waals surface area contributed by atoms with Crippen molar-refractivity contribution >= 4 is 11.7 Å². The number of primary amides is 1. The van der Waals surface area contributed by atoms with Gasteiger partial charge in [-0.15, -0.1) is 0 Å². The Hall–Kier alpha value is -2.47. The minimum absolute atomic E-state index is 0.431. The minimum Gasteiger partial charge on any atom is -0.370 e. The first-order chi connectivity index (χ1) is 11.7. The normalized spacial score (nSPS) is 13.4. The van der Waals surface area contributed by atoms with Gasteiger partial charge in [0, 0.05) is 29.8 Å². The lowest BCUT2D eigenvalue weighted by Gasteiger charge is -2.20. The van der Waals surface area contributed by atoms with E-state index >= 15 is 0 Å². The molecule has 2 heterocycles. The minimum atomic E-state index is -0.431. The van der Waals surface area contributed by atoms with Crippen LogP contribution in [0.2, 0.25) is 0 Å². The Balaban J connectivity index is 1.95. The smallest absolute Gasteiger partial charge is 0.248 e. The van der Waals surface area contributed by atoms with Crippen LogP contribution in [0.25, 0.3) is 11.4 Å². The Morgan fingerprint density at radius 3 is 2.79 bits per heavy atom. The molecule has 0 aliphatic carbocycles. The molecule has 2 aromatic rings. The number of fused-ring (bicyclic) bond motifs is 1. The maximum atomic E-state index is 11.2. The van der Waals surface area contributed by atoms with E-state index < -0.39 is 5.91 Å². The zero-order chi connectivity index (χ0) is 16.9. The third-order valence-electron chi connectivity index (χ3n) is 4.19. The van der Waals surface area contributed by atoms with Crippen LogP contribution in [-0.2, 0) is 13.0 Å². The molecule has 0 atom stereocenters. The number of nitrogens with one attached hydrogen (secondary N) is 2. The van der Waals surface area contributed by atoms with Crippen molar-refractivity contribution in [2.24, 2.45) is 5.73 Å². The zero-order valence-corrected chi connectivity index (χ0v) is 13.9. The van der Waals surface area contributed by atoms with Gasteiger partial charge in [-0.2, -0.15) is 0 Å². The number of amides is 1. The van der Waals surface area contributed by atoms with Crippen molar-refractivity contribution in [3.8, 4) is 11.4 Å². The Bertz CT molecular complexity index is 727. The second-order valence-electron chi connectivity index (χ2n) is 5.97. The third kappa shape index (κ3) is 3.54. The SMILES string of the molecule is CCCCNc1nc(-c2ccc(C(N)=O)cc2)nc2c1CCNC2. The fraction of sp³-hybridized carbons (Fsp3) is 0.389. The monoisotopic (exact) mass is 325 g/mol. The number of carbonyl (C=O) groups excluding carboxylic acids is 1. The molecule has 0 unspecified atom stereocenters. The van der Waals surface area contributed by atoms with E-state index in [1.54, 1.807) is 12.1 Å². The van der Waals surface area contributed by atoms with E-state index in [0.29, 0.717) is 11.4 Å². The summed E-state index contributed by atoms with van der Waals surface area (Å²) >= 11 is 0. The fourth-order valence-corrected chi connectivity index (χ4v) is 2.80. The van der Waals surface area contributed by atoms with Crippen LogP contribution in [0.15, 0.2) is 24.3 Å². The highest BCUT2D eigenvalue weighted by Gasteiger charge is 2.18. The van der Waals surface area contributed by atoms with Crippen LogP contribution < -0.4 is 16.4 Å². The summed E-state index contributed by atoms with van der Waals surface area (Å²) in [6.45, 7) is 4.79. The second kappa shape index (κ2) is 7.40. The van der Waals surface area contributed by atoms with E-state index in [0.717, 1.165) is 56.0 Å². The highest BCUT2D eigenvalue weighted by molar-refractivity contribution is 5.93. The molecule has 6 nitrogen and oxygen atoms in total. The number of aromatic nitrogens is 2. The molecule has 1 aliphatic heterocycles. The van der Waals surface area contributed by atoms with Crippen LogP contribution in [0, 0.1) is 0 Å². The molecule has 4 N–H and O–H groups in total. The summed E-state index contributed by atoms with van der Waals surface area (Å²) in [6.07, 6.45) is 3.19. The van der Waals surface area contributed by atoms with E-state index in [9.17, 15) is 4.79 Å². The van der Waals surface area contributed by atoms with Gasteiger partial charge in [0.15, 0.2) is 5.82 Å². The van der Waals surface area contributed by atoms with Gasteiger partial charge in [-0.25, -0.2) is 9.97 Å². The summed E-state index contributed by atoms with van der Waals surface area (Å²) in [5.74, 6) is 1.18. The standard InChI is InChI=1S/C18H23N5O/c1-2-3-9-21-18-14-8-10-20-11-15(14)22-17(23-18)13-6-4-12(5-7-13)16(19)24/h4-7,20H,2-3,8-11H2,1H3,(H2,19,24)(H,21,22,23). The van der Waals surface area contributed by atoms with Gasteiger partial charge in [-0.3, -0.25) is 4.79 Å². The summed E-state index contributed by atoms with van der Waals surface area (Å²) in [6, 6.07) is 7.10. The summed E-state index contributed by atoms with van der Waals surface area (Å²) in [4.78, 5) is 20.7. The zero-order valence-electron chi connectivity index (χ0n) is 13.9. The van der Waals surface area contributed by atoms with E-state index in [1.165, 1.54) is 5.56 Å². The Morgan fingerprint density at radius 1 is 1.29 bits per heavy atom. The number of carbonyl (C=O) groups is 1. The molecular formula is C18H23N5O. The Kier molecular flexibility index (Phi) is 5.05. The maximum Gasteiger partial charge on any atom is 0.248 e. The lowest BCUT2D eigenvalue weighted by Crippen LogP contribution is -2.26. The van der Waals surface area contributed by atoms with Crippen LogP contribution in [-0.4, -0.2) is 29.0 Å². The molecule has 0 fully saturated rings. The van der Waals surface area contributed by atoms with Crippen LogP contribution in [0.4, 0.5) is 5.82 Å². The molecule has 1 aromatic heterocycles. The summed E-state index contributed by atoms with van der Waals surface area (Å²) < 4.78 is 0.